The molecular formula is C21H20N4O2. The van der Waals surface area contributed by atoms with Crippen LogP contribution in [0.15, 0.2) is 65.7 Å². The van der Waals surface area contributed by atoms with Gasteiger partial charge < -0.3 is 9.30 Å². The van der Waals surface area contributed by atoms with Gasteiger partial charge in [0.2, 0.25) is 0 Å². The lowest BCUT2D eigenvalue weighted by Crippen LogP contribution is -2.22. The van der Waals surface area contributed by atoms with Gasteiger partial charge in [-0.15, -0.1) is 5.10 Å². The number of rotatable bonds is 5. The van der Waals surface area contributed by atoms with Gasteiger partial charge >= 0.3 is 0 Å². The lowest BCUT2D eigenvalue weighted by molar-refractivity contribution is 0.415. The summed E-state index contributed by atoms with van der Waals surface area (Å²) in [7, 11) is 1.65. The minimum absolute atomic E-state index is 0.0112. The van der Waals surface area contributed by atoms with Gasteiger partial charge in [0.25, 0.3) is 5.56 Å². The van der Waals surface area contributed by atoms with Crippen molar-refractivity contribution in [1.82, 2.24) is 19.6 Å². The molecule has 6 nitrogen and oxygen atoms in total. The Hall–Kier alpha value is -3.41. The Morgan fingerprint density at radius 3 is 2.78 bits per heavy atom. The number of hydrogen-bond donors (Lipinski definition) is 0. The van der Waals surface area contributed by atoms with Crippen LogP contribution in [0.4, 0.5) is 0 Å². The Morgan fingerprint density at radius 2 is 1.93 bits per heavy atom. The minimum Gasteiger partial charge on any atom is -0.497 e. The van der Waals surface area contributed by atoms with Crippen LogP contribution in [-0.4, -0.2) is 26.7 Å². The molecule has 0 saturated heterocycles. The van der Waals surface area contributed by atoms with E-state index in [1.807, 2.05) is 67.8 Å². The van der Waals surface area contributed by atoms with Crippen molar-refractivity contribution in [2.45, 2.75) is 20.0 Å². The van der Waals surface area contributed by atoms with Gasteiger partial charge in [0, 0.05) is 23.7 Å². The Kier molecular flexibility index (Phi) is 4.46. The van der Waals surface area contributed by atoms with Crippen LogP contribution in [-0.2, 0) is 13.1 Å². The Balaban J connectivity index is 1.56. The fourth-order valence-corrected chi connectivity index (χ4v) is 3.15. The van der Waals surface area contributed by atoms with Crippen LogP contribution < -0.4 is 10.3 Å². The largest absolute Gasteiger partial charge is 0.497 e. The maximum absolute atomic E-state index is 12.6. The second-order valence-electron chi connectivity index (χ2n) is 6.45. The molecule has 0 atom stereocenters. The summed E-state index contributed by atoms with van der Waals surface area (Å²) in [6, 6.07) is 15.5. The number of benzene rings is 2. The van der Waals surface area contributed by atoms with E-state index in [4.69, 9.17) is 4.74 Å². The molecule has 0 N–H and O–H groups in total. The fraction of sp³-hybridized carbons (Fsp3) is 0.190. The van der Waals surface area contributed by atoms with Crippen LogP contribution in [0, 0.1) is 6.92 Å². The van der Waals surface area contributed by atoms with Crippen molar-refractivity contribution in [3.05, 3.63) is 76.8 Å². The summed E-state index contributed by atoms with van der Waals surface area (Å²) in [5.41, 5.74) is 2.89. The second-order valence-corrected chi connectivity index (χ2v) is 6.45. The van der Waals surface area contributed by atoms with E-state index < -0.39 is 0 Å². The smallest absolute Gasteiger partial charge is 0.258 e. The molecule has 136 valence electrons. The number of fused-ring (bicyclic) bond motifs is 1. The highest BCUT2D eigenvalue weighted by Gasteiger charge is 2.09. The quantitative estimate of drug-likeness (QED) is 0.548. The Bertz CT molecular complexity index is 1160. The van der Waals surface area contributed by atoms with E-state index in [2.05, 4.69) is 10.3 Å². The van der Waals surface area contributed by atoms with Crippen LogP contribution in [0.3, 0.4) is 0 Å². The monoisotopic (exact) mass is 360 g/mol. The molecule has 0 radical (unpaired) electrons. The first-order valence-corrected chi connectivity index (χ1v) is 8.79. The highest BCUT2D eigenvalue weighted by atomic mass is 16.5. The number of ether oxygens (including phenoxy) is 1. The molecule has 0 aliphatic rings. The van der Waals surface area contributed by atoms with Crippen molar-refractivity contribution >= 4 is 10.8 Å². The molecule has 0 fully saturated rings. The molecule has 27 heavy (non-hydrogen) atoms. The summed E-state index contributed by atoms with van der Waals surface area (Å²) in [5.74, 6) is 0.785. The molecule has 0 saturated carbocycles. The van der Waals surface area contributed by atoms with E-state index in [0.29, 0.717) is 13.1 Å². The van der Waals surface area contributed by atoms with Gasteiger partial charge in [-0.1, -0.05) is 29.5 Å². The van der Waals surface area contributed by atoms with E-state index in [1.54, 1.807) is 16.4 Å². The normalized spacial score (nSPS) is 11.0. The molecule has 6 heteroatoms. The van der Waals surface area contributed by atoms with Crippen LogP contribution in [0.1, 0.15) is 5.56 Å². The summed E-state index contributed by atoms with van der Waals surface area (Å²) in [6.45, 7) is 3.13. The van der Waals surface area contributed by atoms with Gasteiger partial charge in [0.15, 0.2) is 0 Å². The fourth-order valence-electron chi connectivity index (χ4n) is 3.15. The zero-order chi connectivity index (χ0) is 18.8. The van der Waals surface area contributed by atoms with Crippen LogP contribution in [0.5, 0.6) is 5.75 Å². The SMILES string of the molecule is COc1ccc(C)c(-c2cn(CCn3ccc4ccccc4c3=O)nn2)c1. The summed E-state index contributed by atoms with van der Waals surface area (Å²) in [5, 5.41) is 10.2. The highest BCUT2D eigenvalue weighted by Crippen LogP contribution is 2.25. The third-order valence-electron chi connectivity index (χ3n) is 4.72. The van der Waals surface area contributed by atoms with E-state index in [-0.39, 0.29) is 5.56 Å². The summed E-state index contributed by atoms with van der Waals surface area (Å²) in [4.78, 5) is 12.6. The zero-order valence-corrected chi connectivity index (χ0v) is 15.3. The topological polar surface area (TPSA) is 61.9 Å². The molecule has 0 bridgehead atoms. The maximum Gasteiger partial charge on any atom is 0.258 e. The molecule has 0 aliphatic carbocycles. The van der Waals surface area contributed by atoms with E-state index >= 15 is 0 Å². The predicted octanol–water partition coefficient (Wildman–Crippen LogP) is 3.28. The predicted molar refractivity (Wildman–Crippen MR) is 105 cm³/mol. The van der Waals surface area contributed by atoms with Crippen molar-refractivity contribution < 1.29 is 4.74 Å². The summed E-state index contributed by atoms with van der Waals surface area (Å²) < 4.78 is 8.77. The summed E-state index contributed by atoms with van der Waals surface area (Å²) >= 11 is 0. The molecular weight excluding hydrogens is 340 g/mol. The van der Waals surface area contributed by atoms with Gasteiger partial charge in [-0.25, -0.2) is 0 Å². The van der Waals surface area contributed by atoms with E-state index in [1.165, 1.54) is 0 Å². The Labute approximate surface area is 156 Å². The highest BCUT2D eigenvalue weighted by molar-refractivity contribution is 5.81. The number of aryl methyl sites for hydroxylation is 3. The lowest BCUT2D eigenvalue weighted by atomic mass is 10.1. The average Bonchev–Trinajstić information content (AvgIpc) is 3.17. The third-order valence-corrected chi connectivity index (χ3v) is 4.72. The number of hydrogen-bond acceptors (Lipinski definition) is 4. The first-order valence-electron chi connectivity index (χ1n) is 8.79. The third kappa shape index (κ3) is 3.33. The standard InChI is InChI=1S/C21H20N4O2/c1-15-7-8-17(27-2)13-19(15)20-14-25(23-22-20)12-11-24-10-9-16-5-3-4-6-18(16)21(24)26/h3-10,13-14H,11-12H2,1-2H3. The Morgan fingerprint density at radius 1 is 1.07 bits per heavy atom. The first kappa shape index (κ1) is 17.0. The van der Waals surface area contributed by atoms with Gasteiger partial charge in [-0.05, 0) is 42.1 Å². The van der Waals surface area contributed by atoms with Crippen molar-refractivity contribution in [1.29, 1.82) is 0 Å². The van der Waals surface area contributed by atoms with Gasteiger partial charge in [-0.3, -0.25) is 9.48 Å². The van der Waals surface area contributed by atoms with Crippen LogP contribution in [0.25, 0.3) is 22.0 Å². The minimum atomic E-state index is 0.0112. The molecule has 0 spiro atoms. The zero-order valence-electron chi connectivity index (χ0n) is 15.3. The van der Waals surface area contributed by atoms with Gasteiger partial charge in [0.1, 0.15) is 11.4 Å². The van der Waals surface area contributed by atoms with Crippen molar-refractivity contribution in [3.8, 4) is 17.0 Å². The molecule has 4 rings (SSSR count). The van der Waals surface area contributed by atoms with Crippen LogP contribution >= 0.6 is 0 Å². The van der Waals surface area contributed by atoms with Crippen LogP contribution in [0.2, 0.25) is 0 Å². The molecule has 2 aromatic carbocycles. The molecule has 2 heterocycles. The molecule has 2 aromatic heterocycles. The number of nitrogens with zero attached hydrogens (tertiary/aromatic N) is 4. The first-order chi connectivity index (χ1) is 13.2. The second kappa shape index (κ2) is 7.07. The van der Waals surface area contributed by atoms with E-state index in [0.717, 1.165) is 33.3 Å². The molecule has 0 unspecified atom stereocenters. The van der Waals surface area contributed by atoms with Crippen molar-refractivity contribution in [3.63, 3.8) is 0 Å². The molecule has 4 aromatic rings. The molecule has 0 amide bonds. The number of aromatic nitrogens is 4. The summed E-state index contributed by atoms with van der Waals surface area (Å²) in [6.07, 6.45) is 3.72. The number of methoxy groups -OCH3 is 1. The van der Waals surface area contributed by atoms with Crippen molar-refractivity contribution in [2.75, 3.05) is 7.11 Å². The average molecular weight is 360 g/mol. The van der Waals surface area contributed by atoms with Crippen molar-refractivity contribution in [2.24, 2.45) is 0 Å². The maximum atomic E-state index is 12.6. The number of pyridine rings is 1. The van der Waals surface area contributed by atoms with E-state index in [9.17, 15) is 4.79 Å². The lowest BCUT2D eigenvalue weighted by Gasteiger charge is -2.07. The van der Waals surface area contributed by atoms with Gasteiger partial charge in [-0.2, -0.15) is 0 Å². The van der Waals surface area contributed by atoms with Gasteiger partial charge in [0.05, 0.1) is 19.9 Å². The molecule has 0 aliphatic heterocycles.